The lowest BCUT2D eigenvalue weighted by Gasteiger charge is -2.34. The van der Waals surface area contributed by atoms with E-state index >= 15 is 0 Å². The number of nitrogens with zero attached hydrogens (tertiary/aromatic N) is 2. The van der Waals surface area contributed by atoms with Crippen molar-refractivity contribution in [1.82, 2.24) is 9.80 Å². The Hall–Kier alpha value is -0.120. The molecular formula is C14H28N2O. The highest BCUT2D eigenvalue weighted by Gasteiger charge is 2.32. The number of likely N-dealkylation sites (N-methyl/N-ethyl adjacent to an activating group) is 1. The van der Waals surface area contributed by atoms with E-state index in [1.54, 1.807) is 0 Å². The highest BCUT2D eigenvalue weighted by Crippen LogP contribution is 2.30. The van der Waals surface area contributed by atoms with Crippen LogP contribution >= 0.6 is 0 Å². The third-order valence-corrected chi connectivity index (χ3v) is 4.51. The lowest BCUT2D eigenvalue weighted by molar-refractivity contribution is 0.0105. The lowest BCUT2D eigenvalue weighted by Crippen LogP contribution is -2.42. The van der Waals surface area contributed by atoms with Crippen LogP contribution < -0.4 is 0 Å². The molecule has 3 heteroatoms. The van der Waals surface area contributed by atoms with Gasteiger partial charge in [0.15, 0.2) is 0 Å². The molecular weight excluding hydrogens is 212 g/mol. The van der Waals surface area contributed by atoms with Crippen molar-refractivity contribution in [1.29, 1.82) is 0 Å². The first-order chi connectivity index (χ1) is 8.07. The summed E-state index contributed by atoms with van der Waals surface area (Å²) < 4.78 is 0. The Kier molecular flexibility index (Phi) is 4.45. The van der Waals surface area contributed by atoms with E-state index in [-0.39, 0.29) is 5.60 Å². The minimum Gasteiger partial charge on any atom is -0.389 e. The van der Waals surface area contributed by atoms with E-state index in [0.717, 1.165) is 31.8 Å². The fourth-order valence-corrected chi connectivity index (χ4v) is 3.44. The van der Waals surface area contributed by atoms with Crippen LogP contribution in [0.25, 0.3) is 0 Å². The minimum atomic E-state index is -0.375. The third kappa shape index (κ3) is 3.94. The van der Waals surface area contributed by atoms with Crippen LogP contribution in [0.2, 0.25) is 0 Å². The summed E-state index contributed by atoms with van der Waals surface area (Å²) in [6, 6.07) is 0. The second kappa shape index (κ2) is 5.68. The molecule has 0 radical (unpaired) electrons. The van der Waals surface area contributed by atoms with Crippen LogP contribution in [0, 0.1) is 5.92 Å². The monoisotopic (exact) mass is 240 g/mol. The Morgan fingerprint density at radius 1 is 1.24 bits per heavy atom. The zero-order valence-electron chi connectivity index (χ0n) is 11.5. The second-order valence-electron chi connectivity index (χ2n) is 6.37. The predicted octanol–water partition coefficient (Wildman–Crippen LogP) is 1.57. The van der Waals surface area contributed by atoms with Crippen molar-refractivity contribution in [2.45, 2.75) is 44.1 Å². The highest BCUT2D eigenvalue weighted by molar-refractivity contribution is 4.87. The van der Waals surface area contributed by atoms with Gasteiger partial charge in [0.05, 0.1) is 5.60 Å². The maximum Gasteiger partial charge on any atom is 0.0774 e. The van der Waals surface area contributed by atoms with E-state index < -0.39 is 0 Å². The Morgan fingerprint density at radius 2 is 1.82 bits per heavy atom. The van der Waals surface area contributed by atoms with Gasteiger partial charge in [-0.25, -0.2) is 0 Å². The first-order valence-electron chi connectivity index (χ1n) is 7.17. The first kappa shape index (κ1) is 13.3. The van der Waals surface area contributed by atoms with Gasteiger partial charge in [0, 0.05) is 13.1 Å². The normalized spacial score (nSPS) is 26.8. The molecule has 100 valence electrons. The largest absolute Gasteiger partial charge is 0.389 e. The van der Waals surface area contributed by atoms with Crippen LogP contribution in [-0.2, 0) is 0 Å². The fraction of sp³-hybridized carbons (Fsp3) is 1.00. The topological polar surface area (TPSA) is 26.7 Å². The molecule has 3 nitrogen and oxygen atoms in total. The van der Waals surface area contributed by atoms with Crippen molar-refractivity contribution in [2.24, 2.45) is 5.92 Å². The van der Waals surface area contributed by atoms with Gasteiger partial charge >= 0.3 is 0 Å². The van der Waals surface area contributed by atoms with E-state index in [2.05, 4.69) is 23.9 Å². The van der Waals surface area contributed by atoms with Crippen LogP contribution in [0.4, 0.5) is 0 Å². The van der Waals surface area contributed by atoms with Gasteiger partial charge in [0.1, 0.15) is 0 Å². The molecule has 2 rings (SSSR count). The Bertz CT molecular complexity index is 230. The molecule has 2 fully saturated rings. The smallest absolute Gasteiger partial charge is 0.0774 e. The molecule has 0 atom stereocenters. The van der Waals surface area contributed by atoms with Crippen LogP contribution in [0.3, 0.4) is 0 Å². The molecule has 0 spiro atoms. The molecule has 0 bridgehead atoms. The fourth-order valence-electron chi connectivity index (χ4n) is 3.44. The second-order valence-corrected chi connectivity index (χ2v) is 6.37. The van der Waals surface area contributed by atoms with Gasteiger partial charge in [0.25, 0.3) is 0 Å². The number of rotatable bonds is 4. The molecule has 0 aromatic heterocycles. The molecule has 2 aliphatic rings. The molecule has 1 heterocycles. The Morgan fingerprint density at radius 3 is 2.41 bits per heavy atom. The molecule has 0 unspecified atom stereocenters. The number of hydrogen-bond donors (Lipinski definition) is 1. The SMILES string of the molecule is CN1CCC(CN(C)CC2(O)CCCC2)CC1. The molecule has 1 N–H and O–H groups in total. The quantitative estimate of drug-likeness (QED) is 0.808. The van der Waals surface area contributed by atoms with Crippen LogP contribution in [0.5, 0.6) is 0 Å². The van der Waals surface area contributed by atoms with Gasteiger partial charge in [-0.2, -0.15) is 0 Å². The molecule has 1 aliphatic carbocycles. The van der Waals surface area contributed by atoms with E-state index in [4.69, 9.17) is 0 Å². The third-order valence-electron chi connectivity index (χ3n) is 4.51. The maximum absolute atomic E-state index is 10.4. The lowest BCUT2D eigenvalue weighted by atomic mass is 9.95. The average Bonchev–Trinajstić information content (AvgIpc) is 2.68. The summed E-state index contributed by atoms with van der Waals surface area (Å²) >= 11 is 0. The summed E-state index contributed by atoms with van der Waals surface area (Å²) in [6.07, 6.45) is 7.06. The van der Waals surface area contributed by atoms with E-state index in [1.165, 1.54) is 38.8 Å². The summed E-state index contributed by atoms with van der Waals surface area (Å²) in [7, 11) is 4.38. The van der Waals surface area contributed by atoms with Gasteiger partial charge < -0.3 is 14.9 Å². The first-order valence-corrected chi connectivity index (χ1v) is 7.17. The Labute approximate surface area is 106 Å². The van der Waals surface area contributed by atoms with E-state index in [0.29, 0.717) is 0 Å². The molecule has 1 saturated heterocycles. The van der Waals surface area contributed by atoms with Gasteiger partial charge in [-0.15, -0.1) is 0 Å². The van der Waals surface area contributed by atoms with Gasteiger partial charge in [0.2, 0.25) is 0 Å². The summed E-state index contributed by atoms with van der Waals surface area (Å²) in [4.78, 5) is 4.78. The number of hydrogen-bond acceptors (Lipinski definition) is 3. The molecule has 17 heavy (non-hydrogen) atoms. The van der Waals surface area contributed by atoms with Crippen molar-refractivity contribution in [3.05, 3.63) is 0 Å². The summed E-state index contributed by atoms with van der Waals surface area (Å²) in [5.74, 6) is 0.834. The van der Waals surface area contributed by atoms with Crippen molar-refractivity contribution in [3.63, 3.8) is 0 Å². The van der Waals surface area contributed by atoms with Gasteiger partial charge in [-0.1, -0.05) is 12.8 Å². The Balaban J connectivity index is 1.71. The molecule has 1 saturated carbocycles. The minimum absolute atomic E-state index is 0.375. The molecule has 0 amide bonds. The van der Waals surface area contributed by atoms with Gasteiger partial charge in [-0.05, 0) is 58.8 Å². The van der Waals surface area contributed by atoms with Crippen LogP contribution in [0.1, 0.15) is 38.5 Å². The number of piperidine rings is 1. The molecule has 0 aromatic carbocycles. The van der Waals surface area contributed by atoms with E-state index in [1.807, 2.05) is 0 Å². The standard InChI is InChI=1S/C14H28N2O/c1-15-9-5-13(6-10-15)11-16(2)12-14(17)7-3-4-8-14/h13,17H,3-12H2,1-2H3. The van der Waals surface area contributed by atoms with Crippen molar-refractivity contribution in [2.75, 3.05) is 40.3 Å². The maximum atomic E-state index is 10.4. The van der Waals surface area contributed by atoms with Gasteiger partial charge in [-0.3, -0.25) is 0 Å². The predicted molar refractivity (Wildman–Crippen MR) is 71.1 cm³/mol. The number of likely N-dealkylation sites (tertiary alicyclic amines) is 1. The highest BCUT2D eigenvalue weighted by atomic mass is 16.3. The zero-order chi connectivity index (χ0) is 12.3. The number of aliphatic hydroxyl groups is 1. The average molecular weight is 240 g/mol. The molecule has 1 aliphatic heterocycles. The van der Waals surface area contributed by atoms with Crippen molar-refractivity contribution < 1.29 is 5.11 Å². The van der Waals surface area contributed by atoms with E-state index in [9.17, 15) is 5.11 Å². The molecule has 0 aromatic rings. The van der Waals surface area contributed by atoms with Crippen molar-refractivity contribution >= 4 is 0 Å². The summed E-state index contributed by atoms with van der Waals surface area (Å²) in [6.45, 7) is 4.51. The zero-order valence-corrected chi connectivity index (χ0v) is 11.5. The van der Waals surface area contributed by atoms with Crippen molar-refractivity contribution in [3.8, 4) is 0 Å². The van der Waals surface area contributed by atoms with Crippen LogP contribution in [-0.4, -0.2) is 60.8 Å². The van der Waals surface area contributed by atoms with Crippen LogP contribution in [0.15, 0.2) is 0 Å². The summed E-state index contributed by atoms with van der Waals surface area (Å²) in [5, 5.41) is 10.4. The summed E-state index contributed by atoms with van der Waals surface area (Å²) in [5.41, 5.74) is -0.375.